The molecule has 0 spiro atoms. The van der Waals surface area contributed by atoms with E-state index >= 15 is 0 Å². The van der Waals surface area contributed by atoms with Crippen LogP contribution in [-0.2, 0) is 11.3 Å². The summed E-state index contributed by atoms with van der Waals surface area (Å²) in [7, 11) is 0. The van der Waals surface area contributed by atoms with Gasteiger partial charge in [-0.3, -0.25) is 4.90 Å². The Labute approximate surface area is 96.2 Å². The molecule has 16 heavy (non-hydrogen) atoms. The van der Waals surface area contributed by atoms with Crippen molar-refractivity contribution in [2.45, 2.75) is 19.1 Å². The van der Waals surface area contributed by atoms with E-state index in [1.807, 2.05) is 6.07 Å². The van der Waals surface area contributed by atoms with Crippen molar-refractivity contribution >= 4 is 0 Å². The summed E-state index contributed by atoms with van der Waals surface area (Å²) >= 11 is 0. The van der Waals surface area contributed by atoms with Gasteiger partial charge in [-0.15, -0.1) is 0 Å². The average Bonchev–Trinajstić information content (AvgIpc) is 2.31. The minimum Gasteiger partial charge on any atom is -0.374 e. The second-order valence-corrected chi connectivity index (χ2v) is 4.08. The van der Waals surface area contributed by atoms with Crippen molar-refractivity contribution in [3.63, 3.8) is 0 Å². The van der Waals surface area contributed by atoms with Crippen molar-refractivity contribution in [1.29, 1.82) is 5.26 Å². The molecule has 0 unspecified atom stereocenters. The SMILES string of the molecule is N#CC[C@H]1CN(Cc2ccccc2)CCO1. The molecular weight excluding hydrogens is 200 g/mol. The summed E-state index contributed by atoms with van der Waals surface area (Å²) in [5, 5.41) is 8.65. The van der Waals surface area contributed by atoms with Gasteiger partial charge >= 0.3 is 0 Å². The number of nitrogens with zero attached hydrogens (tertiary/aromatic N) is 2. The third-order valence-corrected chi connectivity index (χ3v) is 2.79. The highest BCUT2D eigenvalue weighted by Gasteiger charge is 2.19. The van der Waals surface area contributed by atoms with Crippen LogP contribution in [0.5, 0.6) is 0 Å². The van der Waals surface area contributed by atoms with Crippen molar-refractivity contribution in [3.05, 3.63) is 35.9 Å². The lowest BCUT2D eigenvalue weighted by Crippen LogP contribution is -2.41. The van der Waals surface area contributed by atoms with Gasteiger partial charge in [-0.2, -0.15) is 5.26 Å². The Bertz CT molecular complexity index is 358. The minimum atomic E-state index is 0.0856. The predicted octanol–water partition coefficient (Wildman–Crippen LogP) is 1.80. The number of rotatable bonds is 3. The third-order valence-electron chi connectivity index (χ3n) is 2.79. The second kappa shape index (κ2) is 5.64. The first-order valence-corrected chi connectivity index (χ1v) is 5.63. The Morgan fingerprint density at radius 3 is 2.94 bits per heavy atom. The lowest BCUT2D eigenvalue weighted by Gasteiger charge is -2.31. The van der Waals surface area contributed by atoms with Gasteiger partial charge in [0.25, 0.3) is 0 Å². The molecule has 1 aromatic rings. The number of benzene rings is 1. The Morgan fingerprint density at radius 2 is 2.19 bits per heavy atom. The van der Waals surface area contributed by atoms with Crippen molar-refractivity contribution in [2.75, 3.05) is 19.7 Å². The summed E-state index contributed by atoms with van der Waals surface area (Å²) in [6.07, 6.45) is 0.577. The maximum absolute atomic E-state index is 8.65. The fourth-order valence-corrected chi connectivity index (χ4v) is 1.99. The molecule has 2 rings (SSSR count). The van der Waals surface area contributed by atoms with Crippen LogP contribution in [0.3, 0.4) is 0 Å². The molecule has 1 fully saturated rings. The minimum absolute atomic E-state index is 0.0856. The average molecular weight is 216 g/mol. The summed E-state index contributed by atoms with van der Waals surface area (Å²) < 4.78 is 5.52. The van der Waals surface area contributed by atoms with Gasteiger partial charge in [0.15, 0.2) is 0 Å². The maximum Gasteiger partial charge on any atom is 0.0832 e. The number of nitriles is 1. The first kappa shape index (κ1) is 11.1. The first-order valence-electron chi connectivity index (χ1n) is 5.63. The fourth-order valence-electron chi connectivity index (χ4n) is 1.99. The molecule has 1 heterocycles. The van der Waals surface area contributed by atoms with Crippen LogP contribution >= 0.6 is 0 Å². The quantitative estimate of drug-likeness (QED) is 0.773. The van der Waals surface area contributed by atoms with Gasteiger partial charge in [0.2, 0.25) is 0 Å². The van der Waals surface area contributed by atoms with Crippen LogP contribution in [0.1, 0.15) is 12.0 Å². The molecule has 0 N–H and O–H groups in total. The van der Waals surface area contributed by atoms with Crippen LogP contribution in [0.25, 0.3) is 0 Å². The first-order chi connectivity index (χ1) is 7.88. The Balaban J connectivity index is 1.88. The Morgan fingerprint density at radius 1 is 1.38 bits per heavy atom. The normalized spacial score (nSPS) is 21.6. The van der Waals surface area contributed by atoms with Crippen LogP contribution < -0.4 is 0 Å². The van der Waals surface area contributed by atoms with Crippen molar-refractivity contribution < 1.29 is 4.74 Å². The van der Waals surface area contributed by atoms with E-state index in [0.29, 0.717) is 6.42 Å². The van der Waals surface area contributed by atoms with E-state index in [1.165, 1.54) is 5.56 Å². The van der Waals surface area contributed by atoms with Gasteiger partial charge < -0.3 is 4.74 Å². The summed E-state index contributed by atoms with van der Waals surface area (Å²) in [5.74, 6) is 0. The zero-order valence-electron chi connectivity index (χ0n) is 9.30. The number of hydrogen-bond donors (Lipinski definition) is 0. The molecule has 0 bridgehead atoms. The molecule has 1 aromatic carbocycles. The lowest BCUT2D eigenvalue weighted by molar-refractivity contribution is -0.0283. The molecule has 1 aliphatic heterocycles. The van der Waals surface area contributed by atoms with Crippen molar-refractivity contribution in [1.82, 2.24) is 4.90 Å². The molecule has 0 saturated carbocycles. The van der Waals surface area contributed by atoms with Crippen LogP contribution in [0.2, 0.25) is 0 Å². The van der Waals surface area contributed by atoms with E-state index in [1.54, 1.807) is 0 Å². The summed E-state index contributed by atoms with van der Waals surface area (Å²) in [6, 6.07) is 12.6. The Hall–Kier alpha value is -1.37. The van der Waals surface area contributed by atoms with Gasteiger partial charge in [-0.25, -0.2) is 0 Å². The molecule has 1 aliphatic rings. The zero-order chi connectivity index (χ0) is 11.2. The van der Waals surface area contributed by atoms with Gasteiger partial charge in [0.05, 0.1) is 25.2 Å². The van der Waals surface area contributed by atoms with Crippen LogP contribution in [0.15, 0.2) is 30.3 Å². The maximum atomic E-state index is 8.65. The predicted molar refractivity (Wildman–Crippen MR) is 61.7 cm³/mol. The van der Waals surface area contributed by atoms with Gasteiger partial charge in [-0.1, -0.05) is 30.3 Å². The Kier molecular flexibility index (Phi) is 3.92. The van der Waals surface area contributed by atoms with Gasteiger partial charge in [0.1, 0.15) is 0 Å². The summed E-state index contributed by atoms with van der Waals surface area (Å²) in [4.78, 5) is 2.35. The smallest absolute Gasteiger partial charge is 0.0832 e. The van der Waals surface area contributed by atoms with Gasteiger partial charge in [0, 0.05) is 19.6 Å². The zero-order valence-corrected chi connectivity index (χ0v) is 9.30. The molecule has 0 aliphatic carbocycles. The molecule has 0 amide bonds. The summed E-state index contributed by atoms with van der Waals surface area (Å²) in [6.45, 7) is 3.50. The molecule has 1 saturated heterocycles. The van der Waals surface area contributed by atoms with Crippen molar-refractivity contribution in [3.8, 4) is 6.07 Å². The highest BCUT2D eigenvalue weighted by molar-refractivity contribution is 5.14. The molecule has 1 atom stereocenters. The van der Waals surface area contributed by atoms with Crippen LogP contribution in [0.4, 0.5) is 0 Å². The van der Waals surface area contributed by atoms with E-state index in [9.17, 15) is 0 Å². The number of ether oxygens (including phenoxy) is 1. The van der Waals surface area contributed by atoms with E-state index in [-0.39, 0.29) is 6.10 Å². The monoisotopic (exact) mass is 216 g/mol. The van der Waals surface area contributed by atoms with Crippen LogP contribution in [0, 0.1) is 11.3 Å². The molecule has 3 heteroatoms. The van der Waals surface area contributed by atoms with E-state index in [4.69, 9.17) is 10.00 Å². The van der Waals surface area contributed by atoms with E-state index < -0.39 is 0 Å². The molecule has 3 nitrogen and oxygen atoms in total. The number of morpholine rings is 1. The fraction of sp³-hybridized carbons (Fsp3) is 0.462. The topological polar surface area (TPSA) is 36.3 Å². The number of hydrogen-bond acceptors (Lipinski definition) is 3. The highest BCUT2D eigenvalue weighted by atomic mass is 16.5. The third kappa shape index (κ3) is 3.06. The largest absolute Gasteiger partial charge is 0.374 e. The van der Waals surface area contributed by atoms with Gasteiger partial charge in [-0.05, 0) is 5.56 Å². The second-order valence-electron chi connectivity index (χ2n) is 4.08. The molecule has 0 aromatic heterocycles. The van der Waals surface area contributed by atoms with E-state index in [2.05, 4.69) is 35.2 Å². The summed E-state index contributed by atoms with van der Waals surface area (Å²) in [5.41, 5.74) is 1.32. The van der Waals surface area contributed by atoms with Crippen LogP contribution in [-0.4, -0.2) is 30.7 Å². The van der Waals surface area contributed by atoms with E-state index in [0.717, 1.165) is 26.2 Å². The molecule has 0 radical (unpaired) electrons. The molecular formula is C13H16N2O. The molecule has 84 valence electrons. The standard InChI is InChI=1S/C13H16N2O/c14-7-6-13-11-15(8-9-16-13)10-12-4-2-1-3-5-12/h1-5,13H,6,8-11H2/t13-/m0/s1. The van der Waals surface area contributed by atoms with Crippen molar-refractivity contribution in [2.24, 2.45) is 0 Å². The highest BCUT2D eigenvalue weighted by Crippen LogP contribution is 2.11. The lowest BCUT2D eigenvalue weighted by atomic mass is 10.1.